The van der Waals surface area contributed by atoms with Crippen LogP contribution in [0.1, 0.15) is 31.2 Å². The van der Waals surface area contributed by atoms with Crippen molar-refractivity contribution in [2.24, 2.45) is 11.8 Å². The van der Waals surface area contributed by atoms with Crippen LogP contribution in [0.5, 0.6) is 5.75 Å². The van der Waals surface area contributed by atoms with Gasteiger partial charge in [0, 0.05) is 6.04 Å². The van der Waals surface area contributed by atoms with E-state index in [9.17, 15) is 13.2 Å². The molecule has 4 rings (SSSR count). The van der Waals surface area contributed by atoms with Crippen LogP contribution in [0.2, 0.25) is 0 Å². The predicted molar refractivity (Wildman–Crippen MR) is 116 cm³/mol. The van der Waals surface area contributed by atoms with Crippen molar-refractivity contribution >= 4 is 21.6 Å². The maximum Gasteiger partial charge on any atom is 0.264 e. The average molecular weight is 429 g/mol. The lowest BCUT2D eigenvalue weighted by atomic mass is 9.95. The summed E-state index contributed by atoms with van der Waals surface area (Å²) < 4.78 is 33.2. The Morgan fingerprint density at radius 3 is 2.33 bits per heavy atom. The summed E-state index contributed by atoms with van der Waals surface area (Å²) in [6.07, 6.45) is 4.59. The van der Waals surface area contributed by atoms with E-state index in [0.29, 0.717) is 23.3 Å². The Morgan fingerprint density at radius 1 is 1.07 bits per heavy atom. The van der Waals surface area contributed by atoms with E-state index in [1.54, 1.807) is 24.3 Å². The number of anilines is 1. The van der Waals surface area contributed by atoms with E-state index >= 15 is 0 Å². The molecule has 2 bridgehead atoms. The van der Waals surface area contributed by atoms with Crippen LogP contribution in [0.4, 0.5) is 5.69 Å². The molecule has 0 unspecified atom stereocenters. The van der Waals surface area contributed by atoms with E-state index in [-0.39, 0.29) is 23.4 Å². The fourth-order valence-corrected chi connectivity index (χ4v) is 6.13. The van der Waals surface area contributed by atoms with Crippen LogP contribution >= 0.6 is 0 Å². The first-order chi connectivity index (χ1) is 14.4. The van der Waals surface area contributed by atoms with Gasteiger partial charge in [0.15, 0.2) is 0 Å². The van der Waals surface area contributed by atoms with Crippen molar-refractivity contribution in [3.8, 4) is 5.75 Å². The van der Waals surface area contributed by atoms with Gasteiger partial charge in [0.2, 0.25) is 5.91 Å². The smallest absolute Gasteiger partial charge is 0.264 e. The molecule has 160 valence electrons. The largest absolute Gasteiger partial charge is 0.497 e. The van der Waals surface area contributed by atoms with Gasteiger partial charge >= 0.3 is 0 Å². The van der Waals surface area contributed by atoms with Crippen LogP contribution in [-0.4, -0.2) is 34.0 Å². The van der Waals surface area contributed by atoms with E-state index in [0.717, 1.165) is 18.4 Å². The highest BCUT2D eigenvalue weighted by Gasteiger charge is 2.40. The van der Waals surface area contributed by atoms with Crippen LogP contribution in [-0.2, 0) is 14.8 Å². The molecule has 0 radical (unpaired) electrons. The molecule has 0 aromatic heterocycles. The number of nitrogens with one attached hydrogen (secondary N) is 1. The number of nitrogens with zero attached hydrogens (tertiary/aromatic N) is 1. The van der Waals surface area contributed by atoms with Crippen molar-refractivity contribution in [1.29, 1.82) is 0 Å². The van der Waals surface area contributed by atoms with Crippen molar-refractivity contribution in [2.45, 2.75) is 43.5 Å². The van der Waals surface area contributed by atoms with Gasteiger partial charge in [-0.05, 0) is 74.4 Å². The first-order valence-corrected chi connectivity index (χ1v) is 11.8. The van der Waals surface area contributed by atoms with Crippen molar-refractivity contribution in [2.75, 3.05) is 18.0 Å². The van der Waals surface area contributed by atoms with Crippen molar-refractivity contribution in [1.82, 2.24) is 5.32 Å². The zero-order chi connectivity index (χ0) is 21.3. The molecule has 7 heteroatoms. The van der Waals surface area contributed by atoms with Gasteiger partial charge in [-0.25, -0.2) is 8.42 Å². The number of fused-ring (bicyclic) bond motifs is 2. The summed E-state index contributed by atoms with van der Waals surface area (Å²) in [6.45, 7) is 1.69. The standard InChI is InChI=1S/C23H28N2O4S/c1-16-3-7-19(8-4-16)25(30(27,28)21-11-9-20(29-2)10-12-21)15-23(26)24-22-14-17-5-6-18(22)13-17/h3-4,7-12,17-18,22H,5-6,13-15H2,1-2H3,(H,24,26)/t17-,18+,22+/m1/s1. The summed E-state index contributed by atoms with van der Waals surface area (Å²) >= 11 is 0. The van der Waals surface area contributed by atoms with Gasteiger partial charge < -0.3 is 10.1 Å². The monoisotopic (exact) mass is 428 g/mol. The van der Waals surface area contributed by atoms with E-state index < -0.39 is 10.0 Å². The number of ether oxygens (including phenoxy) is 1. The quantitative estimate of drug-likeness (QED) is 0.732. The van der Waals surface area contributed by atoms with Gasteiger partial charge in [-0.2, -0.15) is 0 Å². The number of methoxy groups -OCH3 is 1. The number of carbonyl (C=O) groups is 1. The molecule has 2 fully saturated rings. The van der Waals surface area contributed by atoms with Crippen molar-refractivity contribution < 1.29 is 17.9 Å². The molecule has 3 atom stereocenters. The highest BCUT2D eigenvalue weighted by Crippen LogP contribution is 2.44. The highest BCUT2D eigenvalue weighted by atomic mass is 32.2. The molecule has 2 aromatic carbocycles. The molecule has 0 spiro atoms. The predicted octanol–water partition coefficient (Wildman–Crippen LogP) is 3.50. The van der Waals surface area contributed by atoms with Crippen LogP contribution in [0.25, 0.3) is 0 Å². The van der Waals surface area contributed by atoms with E-state index in [1.807, 2.05) is 19.1 Å². The SMILES string of the molecule is COc1ccc(S(=O)(=O)N(CC(=O)N[C@H]2C[C@@H]3CC[C@H]2C3)c2ccc(C)cc2)cc1. The van der Waals surface area contributed by atoms with Gasteiger partial charge in [0.05, 0.1) is 17.7 Å². The summed E-state index contributed by atoms with van der Waals surface area (Å²) in [5.41, 5.74) is 1.49. The summed E-state index contributed by atoms with van der Waals surface area (Å²) in [7, 11) is -2.38. The number of aryl methyl sites for hydroxylation is 1. The van der Waals surface area contributed by atoms with Crippen molar-refractivity contribution in [3.63, 3.8) is 0 Å². The van der Waals surface area contributed by atoms with Crippen LogP contribution < -0.4 is 14.4 Å². The fourth-order valence-electron chi connectivity index (χ4n) is 4.71. The second-order valence-corrected chi connectivity index (χ2v) is 10.2. The van der Waals surface area contributed by atoms with Gasteiger partial charge in [-0.1, -0.05) is 24.1 Å². The highest BCUT2D eigenvalue weighted by molar-refractivity contribution is 7.92. The molecule has 30 heavy (non-hydrogen) atoms. The zero-order valence-corrected chi connectivity index (χ0v) is 18.2. The first kappa shape index (κ1) is 20.7. The second-order valence-electron chi connectivity index (χ2n) is 8.37. The zero-order valence-electron chi connectivity index (χ0n) is 17.4. The Labute approximate surface area is 178 Å². The topological polar surface area (TPSA) is 75.7 Å². The number of carbonyl (C=O) groups excluding carboxylic acids is 1. The minimum absolute atomic E-state index is 0.122. The van der Waals surface area contributed by atoms with E-state index in [1.165, 1.54) is 36.4 Å². The van der Waals surface area contributed by atoms with E-state index in [4.69, 9.17) is 4.74 Å². The Hall–Kier alpha value is -2.54. The molecule has 2 saturated carbocycles. The molecule has 0 saturated heterocycles. The Morgan fingerprint density at radius 2 is 1.77 bits per heavy atom. The third kappa shape index (κ3) is 4.17. The second kappa shape index (κ2) is 8.30. The number of hydrogen-bond donors (Lipinski definition) is 1. The number of amides is 1. The molecule has 2 aliphatic rings. The van der Waals surface area contributed by atoms with Gasteiger partial charge in [0.1, 0.15) is 12.3 Å². The van der Waals surface area contributed by atoms with Gasteiger partial charge in [-0.15, -0.1) is 0 Å². The summed E-state index contributed by atoms with van der Waals surface area (Å²) in [5.74, 6) is 1.55. The third-order valence-corrected chi connectivity index (χ3v) is 8.13. The molecule has 0 heterocycles. The van der Waals surface area contributed by atoms with Crippen LogP contribution in [0, 0.1) is 18.8 Å². The summed E-state index contributed by atoms with van der Waals surface area (Å²) in [6, 6.07) is 13.6. The molecule has 2 aromatic rings. The third-order valence-electron chi connectivity index (χ3n) is 6.34. The molecule has 1 amide bonds. The summed E-state index contributed by atoms with van der Waals surface area (Å²) in [4.78, 5) is 13.0. The minimum atomic E-state index is -3.91. The minimum Gasteiger partial charge on any atom is -0.497 e. The molecule has 6 nitrogen and oxygen atoms in total. The Balaban J connectivity index is 1.58. The molecular weight excluding hydrogens is 400 g/mol. The maximum atomic E-state index is 13.4. The average Bonchev–Trinajstić information content (AvgIpc) is 3.36. The number of rotatable bonds is 7. The number of hydrogen-bond acceptors (Lipinski definition) is 4. The lowest BCUT2D eigenvalue weighted by Crippen LogP contribution is -2.46. The number of sulfonamides is 1. The first-order valence-electron chi connectivity index (χ1n) is 10.4. The molecule has 1 N–H and O–H groups in total. The summed E-state index contributed by atoms with van der Waals surface area (Å²) in [5, 5.41) is 3.10. The van der Waals surface area contributed by atoms with E-state index in [2.05, 4.69) is 5.32 Å². The van der Waals surface area contributed by atoms with Crippen LogP contribution in [0.15, 0.2) is 53.4 Å². The number of benzene rings is 2. The molecule has 2 aliphatic carbocycles. The Bertz CT molecular complexity index is 1000. The molecular formula is C23H28N2O4S. The van der Waals surface area contributed by atoms with Gasteiger partial charge in [0.25, 0.3) is 10.0 Å². The lowest BCUT2D eigenvalue weighted by Gasteiger charge is -2.27. The fraction of sp³-hybridized carbons (Fsp3) is 0.435. The lowest BCUT2D eigenvalue weighted by molar-refractivity contribution is -0.120. The molecule has 0 aliphatic heterocycles. The Kier molecular flexibility index (Phi) is 5.73. The van der Waals surface area contributed by atoms with Crippen molar-refractivity contribution in [3.05, 3.63) is 54.1 Å². The van der Waals surface area contributed by atoms with Crippen LogP contribution in [0.3, 0.4) is 0 Å². The van der Waals surface area contributed by atoms with Gasteiger partial charge in [-0.3, -0.25) is 9.10 Å². The maximum absolute atomic E-state index is 13.4. The normalized spacial score (nSPS) is 22.7.